The summed E-state index contributed by atoms with van der Waals surface area (Å²) >= 11 is 0. The van der Waals surface area contributed by atoms with Gasteiger partial charge in [0, 0.05) is 18.8 Å². The number of hydrogen-bond acceptors (Lipinski definition) is 3. The van der Waals surface area contributed by atoms with E-state index in [9.17, 15) is 4.79 Å². The van der Waals surface area contributed by atoms with Crippen molar-refractivity contribution in [1.29, 1.82) is 0 Å². The molecule has 1 aromatic carbocycles. The predicted molar refractivity (Wildman–Crippen MR) is 81.6 cm³/mol. The Morgan fingerprint density at radius 2 is 2.10 bits per heavy atom. The second-order valence-electron chi connectivity index (χ2n) is 4.84. The maximum absolute atomic E-state index is 11.8. The summed E-state index contributed by atoms with van der Waals surface area (Å²) in [4.78, 5) is 11.8. The molecule has 0 saturated carbocycles. The van der Waals surface area contributed by atoms with E-state index in [1.165, 1.54) is 0 Å². The molecule has 0 radical (unpaired) electrons. The van der Waals surface area contributed by atoms with Crippen LogP contribution in [-0.2, 0) is 4.79 Å². The highest BCUT2D eigenvalue weighted by Gasteiger charge is 2.15. The van der Waals surface area contributed by atoms with Gasteiger partial charge in [-0.1, -0.05) is 31.5 Å². The van der Waals surface area contributed by atoms with Crippen molar-refractivity contribution in [2.75, 3.05) is 6.54 Å². The summed E-state index contributed by atoms with van der Waals surface area (Å²) in [6.45, 7) is 4.49. The Labute approximate surface area is 124 Å². The molecule has 21 heavy (non-hydrogen) atoms. The van der Waals surface area contributed by atoms with Crippen LogP contribution in [0, 0.1) is 0 Å². The lowest BCUT2D eigenvalue weighted by Gasteiger charge is -2.12. The number of ether oxygens (including phenoxy) is 1. The van der Waals surface area contributed by atoms with Crippen LogP contribution in [0.15, 0.2) is 42.6 Å². The van der Waals surface area contributed by atoms with Crippen LogP contribution < -0.4 is 10.1 Å². The van der Waals surface area contributed by atoms with Crippen molar-refractivity contribution < 1.29 is 9.53 Å². The molecule has 1 heterocycles. The fourth-order valence-electron chi connectivity index (χ4n) is 1.86. The summed E-state index contributed by atoms with van der Waals surface area (Å²) in [5.41, 5.74) is 0.951. The summed E-state index contributed by atoms with van der Waals surface area (Å²) in [5.74, 6) is 0.328. The van der Waals surface area contributed by atoms with Crippen LogP contribution in [0.2, 0.25) is 0 Å². The molecule has 1 aromatic heterocycles. The van der Waals surface area contributed by atoms with Gasteiger partial charge in [-0.15, -0.1) is 5.10 Å². The highest BCUT2D eigenvalue weighted by Crippen LogP contribution is 2.13. The molecule has 5 nitrogen and oxygen atoms in total. The Balaban J connectivity index is 1.91. The normalized spacial score (nSPS) is 11.9. The van der Waals surface area contributed by atoms with E-state index in [4.69, 9.17) is 4.74 Å². The maximum atomic E-state index is 11.8. The molecule has 2 rings (SSSR count). The highest BCUT2D eigenvalue weighted by molar-refractivity contribution is 5.80. The Hall–Kier alpha value is -2.30. The van der Waals surface area contributed by atoms with Crippen molar-refractivity contribution in [3.8, 4) is 11.6 Å². The molecule has 0 aliphatic carbocycles. The quantitative estimate of drug-likeness (QED) is 0.796. The number of nitrogens with one attached hydrogen (secondary N) is 1. The van der Waals surface area contributed by atoms with Crippen molar-refractivity contribution in [3.63, 3.8) is 0 Å². The van der Waals surface area contributed by atoms with Gasteiger partial charge >= 0.3 is 0 Å². The number of carbonyl (C=O) groups excluding carboxylic acids is 1. The average Bonchev–Trinajstić information content (AvgIpc) is 2.97. The lowest BCUT2D eigenvalue weighted by molar-refractivity contribution is -0.127. The lowest BCUT2D eigenvalue weighted by atomic mass is 10.3. The molecule has 0 spiro atoms. The summed E-state index contributed by atoms with van der Waals surface area (Å²) < 4.78 is 7.28. The van der Waals surface area contributed by atoms with Crippen LogP contribution in [0.25, 0.3) is 5.69 Å². The molecule has 0 aliphatic heterocycles. The molecule has 5 heteroatoms. The molecule has 2 aromatic rings. The summed E-state index contributed by atoms with van der Waals surface area (Å²) in [5, 5.41) is 7.16. The zero-order valence-electron chi connectivity index (χ0n) is 12.5. The summed E-state index contributed by atoms with van der Waals surface area (Å²) in [6, 6.07) is 11.5. The smallest absolute Gasteiger partial charge is 0.260 e. The summed E-state index contributed by atoms with van der Waals surface area (Å²) in [7, 11) is 0. The number of benzene rings is 1. The number of hydrogen-bond donors (Lipinski definition) is 1. The van der Waals surface area contributed by atoms with Crippen molar-refractivity contribution in [2.45, 2.75) is 32.8 Å². The van der Waals surface area contributed by atoms with Crippen LogP contribution in [0.1, 0.15) is 26.7 Å². The van der Waals surface area contributed by atoms with Gasteiger partial charge in [0.2, 0.25) is 5.88 Å². The molecule has 0 aliphatic rings. The molecule has 112 valence electrons. The first-order valence-corrected chi connectivity index (χ1v) is 7.26. The standard InChI is InChI=1S/C16H21N3O2/c1-3-4-11-17-16(20)13(2)21-15-10-12-19(18-15)14-8-6-5-7-9-14/h5-10,12-13H,3-4,11H2,1-2H3,(H,17,20)/t13-/m0/s1. The number of aromatic nitrogens is 2. The third-order valence-corrected chi connectivity index (χ3v) is 3.08. The van der Waals surface area contributed by atoms with Crippen molar-refractivity contribution >= 4 is 5.91 Å². The van der Waals surface area contributed by atoms with Gasteiger partial charge in [-0.2, -0.15) is 0 Å². The molecule has 1 amide bonds. The molecule has 1 N–H and O–H groups in total. The highest BCUT2D eigenvalue weighted by atomic mass is 16.5. The third-order valence-electron chi connectivity index (χ3n) is 3.08. The fraction of sp³-hybridized carbons (Fsp3) is 0.375. The molecular weight excluding hydrogens is 266 g/mol. The Morgan fingerprint density at radius 1 is 1.33 bits per heavy atom. The Bertz CT molecular complexity index is 566. The number of carbonyl (C=O) groups is 1. The maximum Gasteiger partial charge on any atom is 0.260 e. The average molecular weight is 287 g/mol. The van der Waals surface area contributed by atoms with E-state index in [1.54, 1.807) is 17.7 Å². The molecule has 0 fully saturated rings. The van der Waals surface area contributed by atoms with Crippen LogP contribution in [0.5, 0.6) is 5.88 Å². The van der Waals surface area contributed by atoms with Gasteiger partial charge in [-0.25, -0.2) is 4.68 Å². The van der Waals surface area contributed by atoms with Gasteiger partial charge in [0.1, 0.15) is 0 Å². The monoisotopic (exact) mass is 287 g/mol. The van der Waals surface area contributed by atoms with Gasteiger partial charge in [-0.05, 0) is 25.5 Å². The minimum Gasteiger partial charge on any atom is -0.463 e. The topological polar surface area (TPSA) is 56.1 Å². The number of rotatable bonds is 7. The lowest BCUT2D eigenvalue weighted by Crippen LogP contribution is -2.36. The van der Waals surface area contributed by atoms with E-state index in [1.807, 2.05) is 36.5 Å². The minimum atomic E-state index is -0.555. The van der Waals surface area contributed by atoms with Crippen LogP contribution in [-0.4, -0.2) is 28.3 Å². The zero-order valence-corrected chi connectivity index (χ0v) is 12.5. The van der Waals surface area contributed by atoms with Crippen molar-refractivity contribution in [1.82, 2.24) is 15.1 Å². The van der Waals surface area contributed by atoms with E-state index in [0.717, 1.165) is 18.5 Å². The van der Waals surface area contributed by atoms with Gasteiger partial charge < -0.3 is 10.1 Å². The van der Waals surface area contributed by atoms with Crippen LogP contribution in [0.3, 0.4) is 0 Å². The number of para-hydroxylation sites is 1. The SMILES string of the molecule is CCCCNC(=O)[C@H](C)Oc1ccn(-c2ccccc2)n1. The zero-order chi connectivity index (χ0) is 15.1. The van der Waals surface area contributed by atoms with E-state index in [0.29, 0.717) is 12.4 Å². The van der Waals surface area contributed by atoms with Gasteiger partial charge in [0.25, 0.3) is 5.91 Å². The van der Waals surface area contributed by atoms with Crippen molar-refractivity contribution in [2.24, 2.45) is 0 Å². The van der Waals surface area contributed by atoms with Gasteiger partial charge in [0.15, 0.2) is 6.10 Å². The Morgan fingerprint density at radius 3 is 2.81 bits per heavy atom. The van der Waals surface area contributed by atoms with Gasteiger partial charge in [0.05, 0.1) is 5.69 Å². The van der Waals surface area contributed by atoms with Crippen LogP contribution in [0.4, 0.5) is 0 Å². The fourth-order valence-corrected chi connectivity index (χ4v) is 1.86. The Kier molecular flexibility index (Phi) is 5.37. The number of nitrogens with zero attached hydrogens (tertiary/aromatic N) is 2. The second kappa shape index (κ2) is 7.47. The largest absolute Gasteiger partial charge is 0.463 e. The van der Waals surface area contributed by atoms with E-state index < -0.39 is 6.10 Å². The van der Waals surface area contributed by atoms with Gasteiger partial charge in [-0.3, -0.25) is 4.79 Å². The predicted octanol–water partition coefficient (Wildman–Crippen LogP) is 2.56. The third kappa shape index (κ3) is 4.34. The minimum absolute atomic E-state index is 0.113. The first kappa shape index (κ1) is 15.1. The first-order valence-electron chi connectivity index (χ1n) is 7.26. The summed E-state index contributed by atoms with van der Waals surface area (Å²) in [6.07, 6.45) is 3.28. The molecule has 0 bridgehead atoms. The van der Waals surface area contributed by atoms with E-state index >= 15 is 0 Å². The molecule has 1 atom stereocenters. The van der Waals surface area contributed by atoms with Crippen molar-refractivity contribution in [3.05, 3.63) is 42.6 Å². The molecule has 0 unspecified atom stereocenters. The van der Waals surface area contributed by atoms with E-state index in [2.05, 4.69) is 17.3 Å². The van der Waals surface area contributed by atoms with E-state index in [-0.39, 0.29) is 5.91 Å². The number of amides is 1. The molecule has 0 saturated heterocycles. The first-order chi connectivity index (χ1) is 10.2. The number of unbranched alkanes of at least 4 members (excludes halogenated alkanes) is 1. The second-order valence-corrected chi connectivity index (χ2v) is 4.84. The van der Waals surface area contributed by atoms with Crippen LogP contribution >= 0.6 is 0 Å². The molecular formula is C16H21N3O2.